The second-order valence-electron chi connectivity index (χ2n) is 4.16. The highest BCUT2D eigenvalue weighted by Crippen LogP contribution is 2.26. The minimum atomic E-state index is -4.71. The Hall–Kier alpha value is -2.51. The summed E-state index contributed by atoms with van der Waals surface area (Å²) in [6.07, 6.45) is -4.16. The third kappa shape index (κ3) is 2.90. The Morgan fingerprint density at radius 1 is 1.30 bits per heavy atom. The first-order valence-corrected chi connectivity index (χ1v) is 5.58. The summed E-state index contributed by atoms with van der Waals surface area (Å²) in [4.78, 5) is 11.2. The lowest BCUT2D eigenvalue weighted by Crippen LogP contribution is -2.17. The van der Waals surface area contributed by atoms with Gasteiger partial charge in [-0.1, -0.05) is 17.7 Å². The molecule has 0 bridgehead atoms. The van der Waals surface area contributed by atoms with Crippen LogP contribution in [0.25, 0.3) is 0 Å². The number of amides is 1. The van der Waals surface area contributed by atoms with Crippen LogP contribution in [0.1, 0.15) is 15.9 Å². The van der Waals surface area contributed by atoms with E-state index in [1.165, 1.54) is 0 Å². The average Bonchev–Trinajstić information content (AvgIpc) is 2.76. The number of halogens is 3. The SMILES string of the molecule is Cc1ccc(Nc2nn(C(F)(F)F)cc2C(N)=O)cc1. The summed E-state index contributed by atoms with van der Waals surface area (Å²) in [6, 6.07) is 6.86. The Balaban J connectivity index is 2.37. The smallest absolute Gasteiger partial charge is 0.365 e. The number of alkyl halides is 3. The number of rotatable bonds is 3. The number of nitrogens with two attached hydrogens (primary N) is 1. The van der Waals surface area contributed by atoms with E-state index in [0.717, 1.165) is 5.56 Å². The first-order chi connectivity index (χ1) is 9.27. The molecular formula is C12H11F3N4O. The van der Waals surface area contributed by atoms with Crippen molar-refractivity contribution in [2.45, 2.75) is 13.2 Å². The molecule has 2 aromatic rings. The summed E-state index contributed by atoms with van der Waals surface area (Å²) in [6.45, 7) is 1.87. The van der Waals surface area contributed by atoms with Gasteiger partial charge in [-0.2, -0.15) is 4.68 Å². The van der Waals surface area contributed by atoms with Gasteiger partial charge >= 0.3 is 6.30 Å². The zero-order valence-electron chi connectivity index (χ0n) is 10.4. The van der Waals surface area contributed by atoms with Crippen molar-refractivity contribution in [3.05, 3.63) is 41.6 Å². The number of primary amides is 1. The molecule has 0 radical (unpaired) electrons. The van der Waals surface area contributed by atoms with Crippen LogP contribution in [0.5, 0.6) is 0 Å². The van der Waals surface area contributed by atoms with E-state index in [-0.39, 0.29) is 16.1 Å². The molecule has 0 aliphatic carbocycles. The molecule has 0 aliphatic rings. The van der Waals surface area contributed by atoms with E-state index < -0.39 is 12.2 Å². The summed E-state index contributed by atoms with van der Waals surface area (Å²) in [7, 11) is 0. The molecule has 0 atom stereocenters. The molecule has 1 aromatic heterocycles. The van der Waals surface area contributed by atoms with Gasteiger partial charge in [-0.25, -0.2) is 0 Å². The molecule has 106 valence electrons. The van der Waals surface area contributed by atoms with Crippen molar-refractivity contribution in [1.82, 2.24) is 9.78 Å². The standard InChI is InChI=1S/C12H11F3N4O/c1-7-2-4-8(5-3-7)17-11-9(10(16)20)6-19(18-11)12(13,14)15/h2-6H,1H3,(H2,16,20)(H,17,18). The van der Waals surface area contributed by atoms with Gasteiger partial charge in [0.05, 0.1) is 0 Å². The van der Waals surface area contributed by atoms with E-state index >= 15 is 0 Å². The topological polar surface area (TPSA) is 72.9 Å². The Kier molecular flexibility index (Phi) is 3.39. The average molecular weight is 284 g/mol. The molecule has 2 rings (SSSR count). The molecule has 0 saturated carbocycles. The number of hydrogen-bond donors (Lipinski definition) is 2. The summed E-state index contributed by atoms with van der Waals surface area (Å²) in [5.74, 6) is -1.23. The van der Waals surface area contributed by atoms with Gasteiger partial charge in [-0.3, -0.25) is 4.79 Å². The number of anilines is 2. The van der Waals surface area contributed by atoms with Crippen LogP contribution < -0.4 is 11.1 Å². The fourth-order valence-electron chi connectivity index (χ4n) is 1.55. The van der Waals surface area contributed by atoms with Crippen LogP contribution in [-0.4, -0.2) is 15.7 Å². The van der Waals surface area contributed by atoms with Gasteiger partial charge < -0.3 is 11.1 Å². The van der Waals surface area contributed by atoms with Crippen LogP contribution in [0.3, 0.4) is 0 Å². The Bertz CT molecular complexity index is 631. The highest BCUT2D eigenvalue weighted by Gasteiger charge is 2.33. The monoisotopic (exact) mass is 284 g/mol. The predicted octanol–water partition coefficient (Wildman–Crippen LogP) is 2.51. The van der Waals surface area contributed by atoms with Crippen molar-refractivity contribution >= 4 is 17.4 Å². The minimum absolute atomic E-state index is 0.237. The Morgan fingerprint density at radius 3 is 2.40 bits per heavy atom. The van der Waals surface area contributed by atoms with Crippen molar-refractivity contribution in [3.8, 4) is 0 Å². The molecule has 20 heavy (non-hydrogen) atoms. The number of aryl methyl sites for hydroxylation is 1. The van der Waals surface area contributed by atoms with Gasteiger partial charge in [-0.05, 0) is 19.1 Å². The van der Waals surface area contributed by atoms with Crippen molar-refractivity contribution in [2.75, 3.05) is 5.32 Å². The molecule has 5 nitrogen and oxygen atoms in total. The molecule has 3 N–H and O–H groups in total. The maximum Gasteiger partial charge on any atom is 0.504 e. The zero-order valence-corrected chi connectivity index (χ0v) is 10.4. The van der Waals surface area contributed by atoms with E-state index in [1.807, 2.05) is 6.92 Å². The van der Waals surface area contributed by atoms with Crippen LogP contribution in [0.15, 0.2) is 30.5 Å². The quantitative estimate of drug-likeness (QED) is 0.909. The maximum atomic E-state index is 12.6. The highest BCUT2D eigenvalue weighted by molar-refractivity contribution is 5.98. The predicted molar refractivity (Wildman–Crippen MR) is 66.5 cm³/mol. The molecule has 1 heterocycles. The second kappa shape index (κ2) is 4.87. The van der Waals surface area contributed by atoms with E-state index in [2.05, 4.69) is 10.4 Å². The highest BCUT2D eigenvalue weighted by atomic mass is 19.4. The summed E-state index contributed by atoms with van der Waals surface area (Å²) >= 11 is 0. The summed E-state index contributed by atoms with van der Waals surface area (Å²) < 4.78 is 37.4. The van der Waals surface area contributed by atoms with E-state index in [4.69, 9.17) is 5.73 Å². The number of nitrogens with zero attached hydrogens (tertiary/aromatic N) is 2. The lowest BCUT2D eigenvalue weighted by Gasteiger charge is -2.06. The molecule has 0 saturated heterocycles. The summed E-state index contributed by atoms with van der Waals surface area (Å²) in [5, 5.41) is 5.94. The van der Waals surface area contributed by atoms with Gasteiger partial charge in [-0.15, -0.1) is 18.3 Å². The molecule has 1 amide bonds. The van der Waals surface area contributed by atoms with Gasteiger partial charge in [0.15, 0.2) is 5.82 Å². The number of aromatic nitrogens is 2. The fraction of sp³-hybridized carbons (Fsp3) is 0.167. The van der Waals surface area contributed by atoms with Gasteiger partial charge in [0.2, 0.25) is 0 Å². The molecular weight excluding hydrogens is 273 g/mol. The number of hydrogen-bond acceptors (Lipinski definition) is 3. The van der Waals surface area contributed by atoms with Crippen LogP contribution in [-0.2, 0) is 6.30 Å². The van der Waals surface area contributed by atoms with Crippen LogP contribution >= 0.6 is 0 Å². The number of carbonyl (C=O) groups excluding carboxylic acids is 1. The first kappa shape index (κ1) is 13.9. The van der Waals surface area contributed by atoms with Gasteiger partial charge in [0, 0.05) is 11.9 Å². The maximum absolute atomic E-state index is 12.6. The number of nitrogens with one attached hydrogen (secondary N) is 1. The largest absolute Gasteiger partial charge is 0.504 e. The summed E-state index contributed by atoms with van der Waals surface area (Å²) in [5.41, 5.74) is 6.22. The first-order valence-electron chi connectivity index (χ1n) is 5.58. The normalized spacial score (nSPS) is 11.4. The molecule has 0 aliphatic heterocycles. The van der Waals surface area contributed by atoms with Crippen molar-refractivity contribution in [3.63, 3.8) is 0 Å². The number of carbonyl (C=O) groups is 1. The van der Waals surface area contributed by atoms with Crippen molar-refractivity contribution in [2.24, 2.45) is 5.73 Å². The van der Waals surface area contributed by atoms with Gasteiger partial charge in [0.25, 0.3) is 5.91 Å². The zero-order chi connectivity index (χ0) is 14.9. The molecule has 1 aromatic carbocycles. The van der Waals surface area contributed by atoms with Crippen LogP contribution in [0.4, 0.5) is 24.7 Å². The Morgan fingerprint density at radius 2 is 1.90 bits per heavy atom. The van der Waals surface area contributed by atoms with Gasteiger partial charge in [0.1, 0.15) is 5.56 Å². The lowest BCUT2D eigenvalue weighted by atomic mass is 10.2. The number of benzene rings is 1. The third-order valence-electron chi connectivity index (χ3n) is 2.55. The molecule has 8 heteroatoms. The van der Waals surface area contributed by atoms with E-state index in [1.54, 1.807) is 24.3 Å². The second-order valence-corrected chi connectivity index (χ2v) is 4.16. The van der Waals surface area contributed by atoms with Crippen molar-refractivity contribution < 1.29 is 18.0 Å². The van der Waals surface area contributed by atoms with E-state index in [9.17, 15) is 18.0 Å². The third-order valence-corrected chi connectivity index (χ3v) is 2.55. The molecule has 0 fully saturated rings. The minimum Gasteiger partial charge on any atom is -0.365 e. The van der Waals surface area contributed by atoms with Crippen LogP contribution in [0, 0.1) is 6.92 Å². The fourth-order valence-corrected chi connectivity index (χ4v) is 1.55. The lowest BCUT2D eigenvalue weighted by molar-refractivity contribution is -0.212. The Labute approximate surface area is 112 Å². The molecule has 0 unspecified atom stereocenters. The van der Waals surface area contributed by atoms with Crippen LogP contribution in [0.2, 0.25) is 0 Å². The molecule has 0 spiro atoms. The van der Waals surface area contributed by atoms with E-state index in [0.29, 0.717) is 11.9 Å². The van der Waals surface area contributed by atoms with Crippen molar-refractivity contribution in [1.29, 1.82) is 0 Å².